The second kappa shape index (κ2) is 7.64. The second-order valence-corrected chi connectivity index (χ2v) is 8.43. The highest BCUT2D eigenvalue weighted by atomic mass is 32.1. The predicted octanol–water partition coefficient (Wildman–Crippen LogP) is 4.92. The lowest BCUT2D eigenvalue weighted by molar-refractivity contribution is -0.137. The highest BCUT2D eigenvalue weighted by Gasteiger charge is 2.32. The van der Waals surface area contributed by atoms with Crippen LogP contribution in [0.1, 0.15) is 37.1 Å². The third-order valence-corrected chi connectivity index (χ3v) is 5.73. The zero-order valence-electron chi connectivity index (χ0n) is 15.4. The van der Waals surface area contributed by atoms with Crippen LogP contribution in [0.25, 0.3) is 11.1 Å². The summed E-state index contributed by atoms with van der Waals surface area (Å²) < 4.78 is 38.8. The molecular weight excluding hydrogens is 373 g/mol. The fraction of sp³-hybridized carbons (Fsp3) is 0.450. The minimum atomic E-state index is -4.34. The van der Waals surface area contributed by atoms with Crippen LogP contribution in [-0.4, -0.2) is 29.4 Å². The van der Waals surface area contributed by atoms with Gasteiger partial charge in [-0.1, -0.05) is 12.1 Å². The van der Waals surface area contributed by atoms with Gasteiger partial charge in [-0.15, -0.1) is 11.3 Å². The standard InChI is InChI=1S/C20H23F3N2OS/c1-14(26)24-19(2)7-4-8-25(13-19)11-18-10-16(12-27-18)15-5-3-6-17(9-15)20(21,22)23/h3,5-6,9-10,12H,4,7-8,11,13H2,1-2H3,(H,24,26). The summed E-state index contributed by atoms with van der Waals surface area (Å²) in [5, 5.41) is 4.95. The molecule has 1 aromatic heterocycles. The Morgan fingerprint density at radius 1 is 1.30 bits per heavy atom. The predicted molar refractivity (Wildman–Crippen MR) is 101 cm³/mol. The van der Waals surface area contributed by atoms with Crippen molar-refractivity contribution >= 4 is 17.2 Å². The Bertz CT molecular complexity index is 818. The Kier molecular flexibility index (Phi) is 5.63. The average molecular weight is 396 g/mol. The van der Waals surface area contributed by atoms with Crippen LogP contribution in [-0.2, 0) is 17.5 Å². The van der Waals surface area contributed by atoms with Crippen molar-refractivity contribution in [3.05, 3.63) is 46.2 Å². The van der Waals surface area contributed by atoms with Gasteiger partial charge in [0.15, 0.2) is 0 Å². The lowest BCUT2D eigenvalue weighted by Gasteiger charge is -2.40. The maximum atomic E-state index is 12.9. The van der Waals surface area contributed by atoms with Gasteiger partial charge in [0.25, 0.3) is 0 Å². The molecule has 3 nitrogen and oxygen atoms in total. The lowest BCUT2D eigenvalue weighted by atomic mass is 9.91. The smallest absolute Gasteiger partial charge is 0.350 e. The van der Waals surface area contributed by atoms with Crippen molar-refractivity contribution in [2.45, 2.75) is 44.9 Å². The fourth-order valence-corrected chi connectivity index (χ4v) is 4.65. The molecule has 1 N–H and O–H groups in total. The van der Waals surface area contributed by atoms with Crippen LogP contribution in [0.2, 0.25) is 0 Å². The molecule has 1 aromatic carbocycles. The number of nitrogens with one attached hydrogen (secondary N) is 1. The molecule has 0 saturated carbocycles. The van der Waals surface area contributed by atoms with Gasteiger partial charge in [0.05, 0.1) is 5.56 Å². The van der Waals surface area contributed by atoms with Crippen molar-refractivity contribution in [1.29, 1.82) is 0 Å². The third-order valence-electron chi connectivity index (χ3n) is 4.81. The van der Waals surface area contributed by atoms with Crippen molar-refractivity contribution in [1.82, 2.24) is 10.2 Å². The molecule has 2 heterocycles. The van der Waals surface area contributed by atoms with Gasteiger partial charge in [-0.3, -0.25) is 9.69 Å². The summed E-state index contributed by atoms with van der Waals surface area (Å²) in [7, 11) is 0. The largest absolute Gasteiger partial charge is 0.416 e. The first-order valence-corrected chi connectivity index (χ1v) is 9.79. The molecule has 1 aliphatic heterocycles. The van der Waals surface area contributed by atoms with Crippen LogP contribution >= 0.6 is 11.3 Å². The van der Waals surface area contributed by atoms with E-state index in [1.165, 1.54) is 19.1 Å². The van der Waals surface area contributed by atoms with Crippen LogP contribution in [0.15, 0.2) is 35.7 Å². The van der Waals surface area contributed by atoms with Gasteiger partial charge in [-0.05, 0) is 61.0 Å². The molecule has 3 rings (SSSR count). The fourth-order valence-electron chi connectivity index (χ4n) is 3.72. The number of nitrogens with zero attached hydrogens (tertiary/aromatic N) is 1. The molecule has 2 aromatic rings. The van der Waals surface area contributed by atoms with E-state index in [9.17, 15) is 18.0 Å². The van der Waals surface area contributed by atoms with E-state index in [0.717, 1.165) is 49.0 Å². The second-order valence-electron chi connectivity index (χ2n) is 7.44. The number of piperidine rings is 1. The normalized spacial score (nSPS) is 21.2. The van der Waals surface area contributed by atoms with Gasteiger partial charge in [0.2, 0.25) is 5.91 Å². The van der Waals surface area contributed by atoms with Crippen LogP contribution in [0.4, 0.5) is 13.2 Å². The number of halogens is 3. The molecule has 1 fully saturated rings. The molecule has 1 amide bonds. The topological polar surface area (TPSA) is 32.3 Å². The average Bonchev–Trinajstić information content (AvgIpc) is 3.01. The lowest BCUT2D eigenvalue weighted by Crippen LogP contribution is -2.56. The minimum Gasteiger partial charge on any atom is -0.350 e. The van der Waals surface area contributed by atoms with E-state index in [2.05, 4.69) is 17.1 Å². The number of alkyl halides is 3. The van der Waals surface area contributed by atoms with Gasteiger partial charge < -0.3 is 5.32 Å². The first-order chi connectivity index (χ1) is 12.6. The Morgan fingerprint density at radius 3 is 2.78 bits per heavy atom. The number of thiophene rings is 1. The number of benzene rings is 1. The number of carbonyl (C=O) groups excluding carboxylic acids is 1. The summed E-state index contributed by atoms with van der Waals surface area (Å²) in [6, 6.07) is 7.40. The van der Waals surface area contributed by atoms with Gasteiger partial charge in [0, 0.05) is 30.4 Å². The van der Waals surface area contributed by atoms with Crippen LogP contribution in [0, 0.1) is 0 Å². The van der Waals surface area contributed by atoms with Crippen molar-refractivity contribution in [2.24, 2.45) is 0 Å². The molecule has 1 atom stereocenters. The Hall–Kier alpha value is -1.86. The summed E-state index contributed by atoms with van der Waals surface area (Å²) in [4.78, 5) is 14.8. The summed E-state index contributed by atoms with van der Waals surface area (Å²) in [5.41, 5.74) is 0.525. The molecule has 0 spiro atoms. The summed E-state index contributed by atoms with van der Waals surface area (Å²) in [5.74, 6) is -0.0256. The van der Waals surface area contributed by atoms with Crippen LogP contribution in [0.5, 0.6) is 0 Å². The minimum absolute atomic E-state index is 0.0256. The van der Waals surface area contributed by atoms with E-state index in [4.69, 9.17) is 0 Å². The van der Waals surface area contributed by atoms with Gasteiger partial charge in [-0.25, -0.2) is 0 Å². The van der Waals surface area contributed by atoms with E-state index in [0.29, 0.717) is 5.56 Å². The number of rotatable bonds is 4. The maximum absolute atomic E-state index is 12.9. The molecule has 27 heavy (non-hydrogen) atoms. The van der Waals surface area contributed by atoms with Crippen molar-refractivity contribution in [2.75, 3.05) is 13.1 Å². The molecule has 1 aliphatic rings. The first-order valence-electron chi connectivity index (χ1n) is 8.91. The molecule has 1 saturated heterocycles. The van der Waals surface area contributed by atoms with Crippen LogP contribution in [0.3, 0.4) is 0 Å². The van der Waals surface area contributed by atoms with Crippen molar-refractivity contribution in [3.8, 4) is 11.1 Å². The molecule has 146 valence electrons. The number of hydrogen-bond acceptors (Lipinski definition) is 3. The molecule has 7 heteroatoms. The van der Waals surface area contributed by atoms with Gasteiger partial charge >= 0.3 is 6.18 Å². The SMILES string of the molecule is CC(=O)NC1(C)CCCN(Cc2cc(-c3cccc(C(F)(F)F)c3)cs2)C1. The number of amides is 1. The number of likely N-dealkylation sites (tertiary alicyclic amines) is 1. The number of carbonyl (C=O) groups is 1. The molecular formula is C20H23F3N2OS. The van der Waals surface area contributed by atoms with E-state index in [-0.39, 0.29) is 11.4 Å². The molecule has 1 unspecified atom stereocenters. The Morgan fingerprint density at radius 2 is 2.07 bits per heavy atom. The first kappa shape index (κ1) is 19.9. The number of hydrogen-bond donors (Lipinski definition) is 1. The zero-order chi connectivity index (χ0) is 19.7. The summed E-state index contributed by atoms with van der Waals surface area (Å²) in [6.07, 6.45) is -2.39. The highest BCUT2D eigenvalue weighted by molar-refractivity contribution is 7.10. The van der Waals surface area contributed by atoms with Crippen molar-refractivity contribution < 1.29 is 18.0 Å². The van der Waals surface area contributed by atoms with E-state index < -0.39 is 11.7 Å². The highest BCUT2D eigenvalue weighted by Crippen LogP contribution is 2.34. The quantitative estimate of drug-likeness (QED) is 0.795. The zero-order valence-corrected chi connectivity index (χ0v) is 16.2. The molecule has 0 radical (unpaired) electrons. The van der Waals surface area contributed by atoms with Gasteiger partial charge in [0.1, 0.15) is 0 Å². The Labute approximate surface area is 161 Å². The van der Waals surface area contributed by atoms with E-state index >= 15 is 0 Å². The van der Waals surface area contributed by atoms with E-state index in [1.54, 1.807) is 17.4 Å². The summed E-state index contributed by atoms with van der Waals surface area (Å²) in [6.45, 7) is 6.04. The Balaban J connectivity index is 1.70. The van der Waals surface area contributed by atoms with Crippen LogP contribution < -0.4 is 5.32 Å². The molecule has 0 aliphatic carbocycles. The van der Waals surface area contributed by atoms with E-state index in [1.807, 2.05) is 11.4 Å². The third kappa shape index (κ3) is 5.11. The molecule has 0 bridgehead atoms. The van der Waals surface area contributed by atoms with Crippen molar-refractivity contribution in [3.63, 3.8) is 0 Å². The maximum Gasteiger partial charge on any atom is 0.416 e. The van der Waals surface area contributed by atoms with Gasteiger partial charge in [-0.2, -0.15) is 13.2 Å². The summed E-state index contributed by atoms with van der Waals surface area (Å²) >= 11 is 1.56. The monoisotopic (exact) mass is 396 g/mol.